The summed E-state index contributed by atoms with van der Waals surface area (Å²) in [5.74, 6) is -0.374. The number of benzene rings is 2. The molecule has 0 spiro atoms. The Balaban J connectivity index is 2.03. The van der Waals surface area contributed by atoms with E-state index in [9.17, 15) is 13.2 Å². The number of nitrogens with two attached hydrogens (primary N) is 2. The molecule has 4 N–H and O–H groups in total. The highest BCUT2D eigenvalue weighted by Gasteiger charge is 2.38. The highest BCUT2D eigenvalue weighted by atomic mass is 35.5. The maximum atomic E-state index is 13.0. The number of rotatable bonds is 2. The number of hydrogen-bond donors (Lipinski definition) is 2. The van der Waals surface area contributed by atoms with Gasteiger partial charge in [0.25, 0.3) is 5.91 Å². The number of halogens is 1. The van der Waals surface area contributed by atoms with Gasteiger partial charge in [-0.3, -0.25) is 4.79 Å². The molecule has 1 aliphatic heterocycles. The van der Waals surface area contributed by atoms with E-state index in [4.69, 9.17) is 22.5 Å². The number of amides is 1. The average molecular weight is 380 g/mol. The minimum absolute atomic E-state index is 0.0291. The van der Waals surface area contributed by atoms with E-state index in [1.54, 1.807) is 6.92 Å². The van der Waals surface area contributed by atoms with Crippen molar-refractivity contribution in [3.8, 4) is 0 Å². The minimum Gasteiger partial charge on any atom is -0.316 e. The van der Waals surface area contributed by atoms with Crippen molar-refractivity contribution in [1.29, 1.82) is 0 Å². The molecule has 0 saturated carbocycles. The van der Waals surface area contributed by atoms with Crippen LogP contribution in [0.4, 0.5) is 0 Å². The Kier molecular flexibility index (Phi) is 4.36. The van der Waals surface area contributed by atoms with Crippen LogP contribution in [0.1, 0.15) is 28.4 Å². The predicted molar refractivity (Wildman–Crippen MR) is 95.5 cm³/mol. The lowest BCUT2D eigenvalue weighted by molar-refractivity contribution is 0.0483. The zero-order chi connectivity index (χ0) is 18.4. The second-order valence-electron chi connectivity index (χ2n) is 6.20. The Labute approximate surface area is 151 Å². The third-order valence-corrected chi connectivity index (χ3v) is 5.85. The third kappa shape index (κ3) is 3.16. The molecule has 1 unspecified atom stereocenters. The van der Waals surface area contributed by atoms with Crippen LogP contribution in [0.3, 0.4) is 0 Å². The van der Waals surface area contributed by atoms with Gasteiger partial charge in [-0.05, 0) is 42.7 Å². The number of hydrogen-bond acceptors (Lipinski definition) is 4. The van der Waals surface area contributed by atoms with Crippen molar-refractivity contribution in [2.75, 3.05) is 6.54 Å². The number of carbonyl (C=O) groups excluding carboxylic acids is 1. The molecule has 1 heterocycles. The van der Waals surface area contributed by atoms with E-state index < -0.39 is 15.7 Å². The van der Waals surface area contributed by atoms with E-state index >= 15 is 0 Å². The average Bonchev–Trinajstić information content (AvgIpc) is 2.54. The van der Waals surface area contributed by atoms with Gasteiger partial charge in [-0.25, -0.2) is 13.6 Å². The summed E-state index contributed by atoms with van der Waals surface area (Å²) in [5, 5.41) is 5.13. The van der Waals surface area contributed by atoms with Crippen LogP contribution in [0.2, 0.25) is 5.02 Å². The van der Waals surface area contributed by atoms with Crippen LogP contribution in [0, 0.1) is 0 Å². The van der Waals surface area contributed by atoms with Crippen molar-refractivity contribution < 1.29 is 13.2 Å². The summed E-state index contributed by atoms with van der Waals surface area (Å²) in [6, 6.07) is 11.7. The Morgan fingerprint density at radius 1 is 1.24 bits per heavy atom. The molecule has 3 rings (SSSR count). The lowest BCUT2D eigenvalue weighted by Gasteiger charge is -2.43. The van der Waals surface area contributed by atoms with Gasteiger partial charge in [0.1, 0.15) is 10.6 Å². The summed E-state index contributed by atoms with van der Waals surface area (Å²) in [6.45, 7) is 2.19. The van der Waals surface area contributed by atoms with Crippen molar-refractivity contribution in [3.63, 3.8) is 0 Å². The Morgan fingerprint density at radius 2 is 1.92 bits per heavy atom. The first kappa shape index (κ1) is 17.9. The summed E-state index contributed by atoms with van der Waals surface area (Å²) in [5.41, 5.74) is 7.59. The van der Waals surface area contributed by atoms with Crippen molar-refractivity contribution >= 4 is 27.5 Å². The predicted octanol–water partition coefficient (Wildman–Crippen LogP) is 1.82. The fourth-order valence-electron chi connectivity index (χ4n) is 3.16. The Hall–Kier alpha value is -1.93. The smallest absolute Gasteiger partial charge is 0.255 e. The van der Waals surface area contributed by atoms with Crippen LogP contribution in [-0.4, -0.2) is 25.8 Å². The van der Waals surface area contributed by atoms with Crippen LogP contribution in [0.5, 0.6) is 0 Å². The molecule has 132 valence electrons. The molecule has 0 radical (unpaired) electrons. The van der Waals surface area contributed by atoms with Gasteiger partial charge in [-0.1, -0.05) is 35.9 Å². The summed E-state index contributed by atoms with van der Waals surface area (Å²) in [6.07, 6.45) is 0.671. The zero-order valence-electron chi connectivity index (χ0n) is 13.6. The monoisotopic (exact) mass is 379 g/mol. The topological polar surface area (TPSA) is 106 Å². The first-order valence-electron chi connectivity index (χ1n) is 7.64. The van der Waals surface area contributed by atoms with Gasteiger partial charge in [0.05, 0.1) is 5.02 Å². The lowest BCUT2D eigenvalue weighted by atomic mass is 9.88. The van der Waals surface area contributed by atoms with Gasteiger partial charge in [-0.2, -0.15) is 0 Å². The van der Waals surface area contributed by atoms with E-state index in [0.29, 0.717) is 13.0 Å². The molecule has 1 aliphatic rings. The lowest BCUT2D eigenvalue weighted by Crippen LogP contribution is -2.57. The summed E-state index contributed by atoms with van der Waals surface area (Å²) < 4.78 is 23.3. The van der Waals surface area contributed by atoms with Crippen LogP contribution in [-0.2, 0) is 22.1 Å². The minimum atomic E-state index is -4.03. The second kappa shape index (κ2) is 6.10. The molecule has 1 amide bonds. The molecule has 0 saturated heterocycles. The molecule has 8 heteroatoms. The molecule has 2 aromatic rings. The SMILES string of the molecule is CC1(N)c2ccccc2CCN1C(=O)c1ccc(Cl)c(S(N)(=O)=O)c1. The number of sulfonamides is 1. The molecule has 0 aromatic heterocycles. The Morgan fingerprint density at radius 3 is 2.60 bits per heavy atom. The fourth-order valence-corrected chi connectivity index (χ4v) is 4.24. The summed E-state index contributed by atoms with van der Waals surface area (Å²) in [4.78, 5) is 14.2. The van der Waals surface area contributed by atoms with E-state index in [0.717, 1.165) is 11.1 Å². The van der Waals surface area contributed by atoms with E-state index in [1.165, 1.54) is 23.1 Å². The molecule has 0 fully saturated rings. The first-order valence-corrected chi connectivity index (χ1v) is 9.56. The third-order valence-electron chi connectivity index (χ3n) is 4.46. The van der Waals surface area contributed by atoms with Gasteiger partial charge in [-0.15, -0.1) is 0 Å². The maximum Gasteiger partial charge on any atom is 0.255 e. The van der Waals surface area contributed by atoms with E-state index in [2.05, 4.69) is 0 Å². The molecular weight excluding hydrogens is 362 g/mol. The highest BCUT2D eigenvalue weighted by Crippen LogP contribution is 2.32. The van der Waals surface area contributed by atoms with Crippen molar-refractivity contribution in [2.45, 2.75) is 23.9 Å². The van der Waals surface area contributed by atoms with Gasteiger partial charge in [0.2, 0.25) is 10.0 Å². The second-order valence-corrected chi connectivity index (χ2v) is 8.14. The number of nitrogens with zero attached hydrogens (tertiary/aromatic N) is 1. The van der Waals surface area contributed by atoms with Crippen LogP contribution < -0.4 is 10.9 Å². The fraction of sp³-hybridized carbons (Fsp3) is 0.235. The largest absolute Gasteiger partial charge is 0.316 e. The first-order chi connectivity index (χ1) is 11.6. The molecule has 0 bridgehead atoms. The number of carbonyl (C=O) groups is 1. The molecule has 6 nitrogen and oxygen atoms in total. The van der Waals surface area contributed by atoms with Crippen molar-refractivity contribution in [3.05, 3.63) is 64.2 Å². The summed E-state index contributed by atoms with van der Waals surface area (Å²) >= 11 is 5.89. The van der Waals surface area contributed by atoms with E-state index in [1.807, 2.05) is 24.3 Å². The highest BCUT2D eigenvalue weighted by molar-refractivity contribution is 7.89. The van der Waals surface area contributed by atoms with Crippen LogP contribution in [0.25, 0.3) is 0 Å². The standard InChI is InChI=1S/C17H18ClN3O3S/c1-17(19)13-5-3-2-4-11(13)8-9-21(17)16(22)12-6-7-14(18)15(10-12)25(20,23)24/h2-7,10H,8-9,19H2,1H3,(H2,20,23,24). The normalized spacial score (nSPS) is 20.2. The van der Waals surface area contributed by atoms with Gasteiger partial charge < -0.3 is 10.6 Å². The molecular formula is C17H18ClN3O3S. The van der Waals surface area contributed by atoms with Crippen molar-refractivity contribution in [2.24, 2.45) is 10.9 Å². The number of fused-ring (bicyclic) bond motifs is 1. The molecule has 25 heavy (non-hydrogen) atoms. The zero-order valence-corrected chi connectivity index (χ0v) is 15.1. The van der Waals surface area contributed by atoms with E-state index in [-0.39, 0.29) is 21.4 Å². The quantitative estimate of drug-likeness (QED) is 0.829. The Bertz CT molecular complexity index is 957. The molecule has 2 aromatic carbocycles. The van der Waals surface area contributed by atoms with Crippen LogP contribution in [0.15, 0.2) is 47.4 Å². The number of primary sulfonamides is 1. The molecule has 0 aliphatic carbocycles. The van der Waals surface area contributed by atoms with Gasteiger partial charge in [0, 0.05) is 12.1 Å². The molecule has 1 atom stereocenters. The van der Waals surface area contributed by atoms with Crippen LogP contribution >= 0.6 is 11.6 Å². The maximum absolute atomic E-state index is 13.0. The van der Waals surface area contributed by atoms with Crippen molar-refractivity contribution in [1.82, 2.24) is 4.90 Å². The van der Waals surface area contributed by atoms with Gasteiger partial charge >= 0.3 is 0 Å². The summed E-state index contributed by atoms with van der Waals surface area (Å²) in [7, 11) is -4.03. The van der Waals surface area contributed by atoms with Gasteiger partial charge in [0.15, 0.2) is 0 Å².